The van der Waals surface area contributed by atoms with Crippen LogP contribution < -0.4 is 5.73 Å². The highest BCUT2D eigenvalue weighted by atomic mass is 35.5. The molecule has 0 amide bonds. The maximum Gasteiger partial charge on any atom is 0.242 e. The number of hydrogen-bond donors (Lipinski definition) is 1. The van der Waals surface area contributed by atoms with Gasteiger partial charge in [-0.1, -0.05) is 6.07 Å². The Morgan fingerprint density at radius 1 is 1.38 bits per heavy atom. The van der Waals surface area contributed by atoms with Crippen LogP contribution in [0.25, 0.3) is 0 Å². The fourth-order valence-corrected chi connectivity index (χ4v) is 2.31. The number of nitrogens with two attached hydrogens (primary N) is 1. The Labute approximate surface area is 101 Å². The van der Waals surface area contributed by atoms with Crippen LogP contribution in [-0.2, 0) is 16.6 Å². The van der Waals surface area contributed by atoms with Crippen molar-refractivity contribution in [3.63, 3.8) is 0 Å². The molecule has 4 nitrogen and oxygen atoms in total. The first kappa shape index (κ1) is 15.3. The van der Waals surface area contributed by atoms with Gasteiger partial charge in [-0.25, -0.2) is 17.1 Å². The number of nitrogens with zero attached hydrogens (tertiary/aromatic N) is 1. The van der Waals surface area contributed by atoms with E-state index in [1.807, 2.05) is 0 Å². The van der Waals surface area contributed by atoms with Crippen molar-refractivity contribution < 1.29 is 12.8 Å². The Balaban J connectivity index is 0.00000225. The first-order valence-electron chi connectivity index (χ1n) is 4.31. The van der Waals surface area contributed by atoms with Crippen LogP contribution in [-0.4, -0.2) is 26.8 Å². The molecular weight excluding hydrogens is 255 g/mol. The molecule has 0 spiro atoms. The zero-order valence-corrected chi connectivity index (χ0v) is 10.6. The summed E-state index contributed by atoms with van der Waals surface area (Å²) in [4.78, 5) is -0.0741. The van der Waals surface area contributed by atoms with E-state index in [2.05, 4.69) is 0 Å². The number of hydrogen-bond acceptors (Lipinski definition) is 3. The Morgan fingerprint density at radius 3 is 2.38 bits per heavy atom. The zero-order chi connectivity index (χ0) is 11.6. The molecule has 92 valence electrons. The molecule has 7 heteroatoms. The molecule has 1 aromatic carbocycles. The van der Waals surface area contributed by atoms with Crippen molar-refractivity contribution in [3.05, 3.63) is 29.6 Å². The van der Waals surface area contributed by atoms with Crippen LogP contribution in [0.1, 0.15) is 5.56 Å². The number of rotatable bonds is 3. The molecule has 0 heterocycles. The van der Waals surface area contributed by atoms with Crippen molar-refractivity contribution in [2.45, 2.75) is 11.4 Å². The molecule has 0 saturated heterocycles. The highest BCUT2D eigenvalue weighted by Gasteiger charge is 2.22. The van der Waals surface area contributed by atoms with Gasteiger partial charge in [-0.05, 0) is 12.1 Å². The first-order chi connectivity index (χ1) is 6.91. The van der Waals surface area contributed by atoms with E-state index in [0.29, 0.717) is 0 Å². The van der Waals surface area contributed by atoms with Gasteiger partial charge in [-0.3, -0.25) is 0 Å². The summed E-state index contributed by atoms with van der Waals surface area (Å²) in [7, 11) is -0.850. The van der Waals surface area contributed by atoms with E-state index >= 15 is 0 Å². The quantitative estimate of drug-likeness (QED) is 0.888. The normalized spacial score (nSPS) is 11.3. The third-order valence-corrected chi connectivity index (χ3v) is 3.94. The van der Waals surface area contributed by atoms with Gasteiger partial charge >= 0.3 is 0 Å². The third-order valence-electron chi connectivity index (χ3n) is 2.04. The van der Waals surface area contributed by atoms with E-state index in [1.54, 1.807) is 0 Å². The summed E-state index contributed by atoms with van der Waals surface area (Å²) in [5, 5.41) is 0. The lowest BCUT2D eigenvalue weighted by molar-refractivity contribution is 0.516. The van der Waals surface area contributed by atoms with E-state index in [-0.39, 0.29) is 29.4 Å². The minimum absolute atomic E-state index is 0. The second-order valence-corrected chi connectivity index (χ2v) is 5.33. The molecule has 1 aromatic rings. The lowest BCUT2D eigenvalue weighted by Crippen LogP contribution is -2.24. The fraction of sp³-hybridized carbons (Fsp3) is 0.333. The smallest absolute Gasteiger partial charge is 0.242 e. The van der Waals surface area contributed by atoms with Gasteiger partial charge in [0.15, 0.2) is 0 Å². The van der Waals surface area contributed by atoms with Gasteiger partial charge in [0.05, 0.1) is 4.90 Å². The van der Waals surface area contributed by atoms with Crippen LogP contribution >= 0.6 is 12.4 Å². The highest BCUT2D eigenvalue weighted by Crippen LogP contribution is 2.20. The van der Waals surface area contributed by atoms with E-state index < -0.39 is 15.8 Å². The molecule has 0 aliphatic carbocycles. The molecular formula is C9H14ClFN2O2S. The van der Waals surface area contributed by atoms with Crippen LogP contribution in [0.3, 0.4) is 0 Å². The minimum atomic E-state index is -3.63. The van der Waals surface area contributed by atoms with Crippen molar-refractivity contribution in [3.8, 4) is 0 Å². The van der Waals surface area contributed by atoms with Gasteiger partial charge in [0.1, 0.15) is 5.82 Å². The van der Waals surface area contributed by atoms with Gasteiger partial charge in [0.2, 0.25) is 10.0 Å². The van der Waals surface area contributed by atoms with E-state index in [9.17, 15) is 12.8 Å². The molecule has 1 rings (SSSR count). The molecule has 2 N–H and O–H groups in total. The van der Waals surface area contributed by atoms with Gasteiger partial charge in [-0.15, -0.1) is 12.4 Å². The second-order valence-electron chi connectivity index (χ2n) is 3.21. The Morgan fingerprint density at radius 2 is 1.94 bits per heavy atom. The minimum Gasteiger partial charge on any atom is -0.326 e. The predicted molar refractivity (Wildman–Crippen MR) is 62.4 cm³/mol. The predicted octanol–water partition coefficient (Wildman–Crippen LogP) is 0.957. The second kappa shape index (κ2) is 5.58. The van der Waals surface area contributed by atoms with Crippen LogP contribution in [0.5, 0.6) is 0 Å². The average Bonchev–Trinajstić information content (AvgIpc) is 2.17. The summed E-state index contributed by atoms with van der Waals surface area (Å²) >= 11 is 0. The van der Waals surface area contributed by atoms with Gasteiger partial charge in [-0.2, -0.15) is 0 Å². The molecule has 0 bridgehead atoms. The summed E-state index contributed by atoms with van der Waals surface area (Å²) in [6, 6.07) is 3.89. The molecule has 0 radical (unpaired) electrons. The van der Waals surface area contributed by atoms with Crippen molar-refractivity contribution in [2.75, 3.05) is 14.1 Å². The maximum atomic E-state index is 13.3. The zero-order valence-electron chi connectivity index (χ0n) is 8.97. The summed E-state index contributed by atoms with van der Waals surface area (Å²) in [6.07, 6.45) is 0. The van der Waals surface area contributed by atoms with Crippen LogP contribution in [0.4, 0.5) is 4.39 Å². The van der Waals surface area contributed by atoms with Crippen molar-refractivity contribution in [1.82, 2.24) is 4.31 Å². The van der Waals surface area contributed by atoms with Gasteiger partial charge in [0, 0.05) is 26.2 Å². The molecule has 0 saturated carbocycles. The summed E-state index contributed by atoms with van der Waals surface area (Å²) < 4.78 is 37.8. The standard InChI is InChI=1S/C9H13FN2O2S.ClH/c1-12(2)15(13,14)9-5-3-4-8(10)7(9)6-11;/h3-5H,6,11H2,1-2H3;1H. The number of benzene rings is 1. The Hall–Kier alpha value is -0.690. The average molecular weight is 269 g/mol. The highest BCUT2D eigenvalue weighted by molar-refractivity contribution is 7.89. The van der Waals surface area contributed by atoms with E-state index in [1.165, 1.54) is 32.3 Å². The lowest BCUT2D eigenvalue weighted by atomic mass is 10.2. The van der Waals surface area contributed by atoms with Crippen molar-refractivity contribution in [1.29, 1.82) is 0 Å². The lowest BCUT2D eigenvalue weighted by Gasteiger charge is -2.14. The number of halogens is 2. The monoisotopic (exact) mass is 268 g/mol. The largest absolute Gasteiger partial charge is 0.326 e. The summed E-state index contributed by atoms with van der Waals surface area (Å²) in [5.74, 6) is -0.597. The molecule has 0 unspecified atom stereocenters. The SMILES string of the molecule is CN(C)S(=O)(=O)c1cccc(F)c1CN.Cl. The molecule has 0 aliphatic rings. The topological polar surface area (TPSA) is 63.4 Å². The molecule has 16 heavy (non-hydrogen) atoms. The van der Waals surface area contributed by atoms with Crippen molar-refractivity contribution >= 4 is 22.4 Å². The van der Waals surface area contributed by atoms with Crippen LogP contribution in [0.15, 0.2) is 23.1 Å². The maximum absolute atomic E-state index is 13.3. The van der Waals surface area contributed by atoms with Crippen LogP contribution in [0, 0.1) is 5.82 Å². The van der Waals surface area contributed by atoms with E-state index in [0.717, 1.165) is 4.31 Å². The Bertz CT molecular complexity index is 463. The fourth-order valence-electron chi connectivity index (χ4n) is 1.18. The van der Waals surface area contributed by atoms with E-state index in [4.69, 9.17) is 5.73 Å². The van der Waals surface area contributed by atoms with Gasteiger partial charge < -0.3 is 5.73 Å². The molecule has 0 fully saturated rings. The molecule has 0 aliphatic heterocycles. The summed E-state index contributed by atoms with van der Waals surface area (Å²) in [5.41, 5.74) is 5.34. The van der Waals surface area contributed by atoms with Gasteiger partial charge in [0.25, 0.3) is 0 Å². The van der Waals surface area contributed by atoms with Crippen molar-refractivity contribution in [2.24, 2.45) is 5.73 Å². The summed E-state index contributed by atoms with van der Waals surface area (Å²) in [6.45, 7) is -0.144. The molecule has 0 atom stereocenters. The number of sulfonamides is 1. The molecule has 0 aromatic heterocycles. The Kier molecular flexibility index (Phi) is 5.34. The first-order valence-corrected chi connectivity index (χ1v) is 5.75. The third kappa shape index (κ3) is 2.70. The van der Waals surface area contributed by atoms with Crippen LogP contribution in [0.2, 0.25) is 0 Å².